The standard InChI is InChI=1S/C15H19O3P/c1-11-14-15(11,2)8-9-19(14,17)18-10-13(16)12-6-4-3-5-7-12/h3-7,13,16H,8-10H2,1-2H3/t13?,15-,19?/m0/s1. The zero-order valence-corrected chi connectivity index (χ0v) is 12.2. The molecule has 3 rings (SSSR count). The van der Waals surface area contributed by atoms with Gasteiger partial charge in [0.15, 0.2) is 0 Å². The van der Waals surface area contributed by atoms with Crippen molar-refractivity contribution >= 4 is 7.37 Å². The Balaban J connectivity index is 1.66. The molecule has 1 aliphatic carbocycles. The van der Waals surface area contributed by atoms with Gasteiger partial charge in [-0.05, 0) is 18.9 Å². The molecule has 1 saturated heterocycles. The van der Waals surface area contributed by atoms with Crippen molar-refractivity contribution in [1.29, 1.82) is 0 Å². The fourth-order valence-electron chi connectivity index (χ4n) is 3.07. The van der Waals surface area contributed by atoms with Gasteiger partial charge in [0.1, 0.15) is 6.10 Å². The van der Waals surface area contributed by atoms with Crippen LogP contribution in [0.25, 0.3) is 0 Å². The maximum atomic E-state index is 12.7. The van der Waals surface area contributed by atoms with Gasteiger partial charge in [-0.25, -0.2) is 0 Å². The first-order valence-electron chi connectivity index (χ1n) is 6.66. The number of allylic oxidation sites excluding steroid dienone is 2. The Bertz CT molecular complexity index is 578. The zero-order chi connectivity index (χ0) is 13.7. The Labute approximate surface area is 113 Å². The van der Waals surface area contributed by atoms with E-state index in [1.54, 1.807) is 0 Å². The van der Waals surface area contributed by atoms with Crippen LogP contribution in [-0.2, 0) is 9.09 Å². The molecule has 102 valence electrons. The first-order chi connectivity index (χ1) is 8.97. The Morgan fingerprint density at radius 2 is 2.11 bits per heavy atom. The van der Waals surface area contributed by atoms with E-state index in [1.165, 1.54) is 5.57 Å². The lowest BCUT2D eigenvalue weighted by Crippen LogP contribution is -2.06. The molecule has 2 unspecified atom stereocenters. The highest BCUT2D eigenvalue weighted by atomic mass is 31.2. The quantitative estimate of drug-likeness (QED) is 0.854. The maximum absolute atomic E-state index is 12.7. The Morgan fingerprint density at radius 3 is 2.68 bits per heavy atom. The van der Waals surface area contributed by atoms with Crippen LogP contribution in [0.5, 0.6) is 0 Å². The van der Waals surface area contributed by atoms with Crippen LogP contribution in [0.1, 0.15) is 31.9 Å². The molecule has 0 amide bonds. The van der Waals surface area contributed by atoms with E-state index in [2.05, 4.69) is 6.92 Å². The summed E-state index contributed by atoms with van der Waals surface area (Å²) in [6, 6.07) is 9.36. The monoisotopic (exact) mass is 278 g/mol. The fraction of sp³-hybridized carbons (Fsp3) is 0.467. The van der Waals surface area contributed by atoms with Gasteiger partial charge < -0.3 is 9.63 Å². The van der Waals surface area contributed by atoms with Crippen molar-refractivity contribution in [2.45, 2.75) is 26.4 Å². The van der Waals surface area contributed by atoms with Crippen LogP contribution >= 0.6 is 7.37 Å². The number of hydrogen-bond acceptors (Lipinski definition) is 3. The molecule has 1 N–H and O–H groups in total. The molecule has 1 aromatic rings. The van der Waals surface area contributed by atoms with Crippen molar-refractivity contribution in [3.8, 4) is 0 Å². The van der Waals surface area contributed by atoms with Gasteiger partial charge in [0, 0.05) is 16.9 Å². The predicted octanol–water partition coefficient (Wildman–Crippen LogP) is 3.71. The topological polar surface area (TPSA) is 46.5 Å². The summed E-state index contributed by atoms with van der Waals surface area (Å²) >= 11 is 0. The molecule has 0 bridgehead atoms. The second-order valence-corrected chi connectivity index (χ2v) is 8.17. The van der Waals surface area contributed by atoms with Crippen LogP contribution in [0.3, 0.4) is 0 Å². The molecular formula is C15H19O3P. The molecule has 1 aromatic carbocycles. The molecule has 1 aliphatic heterocycles. The average Bonchev–Trinajstić information content (AvgIpc) is 2.85. The van der Waals surface area contributed by atoms with E-state index < -0.39 is 13.5 Å². The van der Waals surface area contributed by atoms with Crippen molar-refractivity contribution in [2.75, 3.05) is 12.8 Å². The van der Waals surface area contributed by atoms with Gasteiger partial charge in [-0.2, -0.15) is 0 Å². The predicted molar refractivity (Wildman–Crippen MR) is 75.3 cm³/mol. The van der Waals surface area contributed by atoms with Crippen molar-refractivity contribution in [2.24, 2.45) is 5.41 Å². The fourth-order valence-corrected chi connectivity index (χ4v) is 6.41. The minimum atomic E-state index is -2.66. The zero-order valence-electron chi connectivity index (χ0n) is 11.3. The molecule has 0 saturated carbocycles. The summed E-state index contributed by atoms with van der Waals surface area (Å²) < 4.78 is 18.4. The van der Waals surface area contributed by atoms with E-state index in [0.717, 1.165) is 17.3 Å². The van der Waals surface area contributed by atoms with Crippen LogP contribution in [0.15, 0.2) is 41.2 Å². The number of rotatable bonds is 4. The molecule has 1 fully saturated rings. The number of fused-ring (bicyclic) bond motifs is 1. The van der Waals surface area contributed by atoms with E-state index >= 15 is 0 Å². The molecule has 4 heteroatoms. The summed E-state index contributed by atoms with van der Waals surface area (Å²) in [6.45, 7) is 4.28. The van der Waals surface area contributed by atoms with E-state index in [9.17, 15) is 9.67 Å². The summed E-state index contributed by atoms with van der Waals surface area (Å²) in [5.41, 5.74) is 2.10. The first-order valence-corrected chi connectivity index (χ1v) is 8.47. The van der Waals surface area contributed by atoms with Crippen molar-refractivity contribution < 1.29 is 14.2 Å². The van der Waals surface area contributed by atoms with Crippen LogP contribution in [0.2, 0.25) is 0 Å². The summed E-state index contributed by atoms with van der Waals surface area (Å²) in [5.74, 6) is 0. The van der Waals surface area contributed by atoms with Gasteiger partial charge in [-0.3, -0.25) is 4.57 Å². The second kappa shape index (κ2) is 4.31. The van der Waals surface area contributed by atoms with Crippen LogP contribution in [0.4, 0.5) is 0 Å². The summed E-state index contributed by atoms with van der Waals surface area (Å²) in [6.07, 6.45) is 0.837. The van der Waals surface area contributed by atoms with Gasteiger partial charge in [-0.1, -0.05) is 42.8 Å². The third-order valence-electron chi connectivity index (χ3n) is 4.52. The van der Waals surface area contributed by atoms with Crippen molar-refractivity contribution in [3.05, 3.63) is 46.8 Å². The highest BCUT2D eigenvalue weighted by Crippen LogP contribution is 2.80. The minimum absolute atomic E-state index is 0.0627. The highest BCUT2D eigenvalue weighted by Gasteiger charge is 2.61. The minimum Gasteiger partial charge on any atom is -0.386 e. The Morgan fingerprint density at radius 1 is 1.42 bits per heavy atom. The molecule has 2 aliphatic rings. The normalized spacial score (nSPS) is 34.3. The highest BCUT2D eigenvalue weighted by molar-refractivity contribution is 7.64. The molecule has 1 heterocycles. The third-order valence-corrected chi connectivity index (χ3v) is 7.40. The van der Waals surface area contributed by atoms with Crippen molar-refractivity contribution in [1.82, 2.24) is 0 Å². The van der Waals surface area contributed by atoms with Gasteiger partial charge in [0.2, 0.25) is 7.37 Å². The third kappa shape index (κ3) is 2.01. The summed E-state index contributed by atoms with van der Waals surface area (Å²) in [7, 11) is -2.66. The SMILES string of the molecule is CC1=C2[C@@]1(C)CCP2(=O)OCC(O)c1ccccc1. The van der Waals surface area contributed by atoms with Gasteiger partial charge in [-0.15, -0.1) is 0 Å². The van der Waals surface area contributed by atoms with E-state index in [4.69, 9.17) is 4.52 Å². The van der Waals surface area contributed by atoms with E-state index in [1.807, 2.05) is 37.3 Å². The average molecular weight is 278 g/mol. The Hall–Kier alpha value is -0.890. The lowest BCUT2D eigenvalue weighted by atomic mass is 10.0. The van der Waals surface area contributed by atoms with Gasteiger partial charge in [0.25, 0.3) is 0 Å². The molecular weight excluding hydrogens is 259 g/mol. The number of aliphatic hydroxyl groups is 1. The lowest BCUT2D eigenvalue weighted by molar-refractivity contribution is 0.110. The van der Waals surface area contributed by atoms with Crippen LogP contribution < -0.4 is 0 Å². The molecule has 3 nitrogen and oxygen atoms in total. The van der Waals surface area contributed by atoms with Gasteiger partial charge in [0.05, 0.1) is 6.61 Å². The van der Waals surface area contributed by atoms with Crippen molar-refractivity contribution in [3.63, 3.8) is 0 Å². The summed E-state index contributed by atoms with van der Waals surface area (Å²) in [4.78, 5) is 0. The van der Waals surface area contributed by atoms with Crippen LogP contribution in [-0.4, -0.2) is 17.9 Å². The molecule has 0 aromatic heterocycles. The van der Waals surface area contributed by atoms with E-state index in [-0.39, 0.29) is 12.0 Å². The lowest BCUT2D eigenvalue weighted by Gasteiger charge is -2.16. The number of hydrogen-bond donors (Lipinski definition) is 1. The van der Waals surface area contributed by atoms with Crippen LogP contribution in [0, 0.1) is 5.41 Å². The Kier molecular flexibility index (Phi) is 2.97. The molecule has 19 heavy (non-hydrogen) atoms. The summed E-state index contributed by atoms with van der Waals surface area (Å²) in [5, 5.41) is 11.1. The number of benzene rings is 1. The smallest absolute Gasteiger partial charge is 0.229 e. The molecule has 0 radical (unpaired) electrons. The number of aliphatic hydroxyl groups excluding tert-OH is 1. The van der Waals surface area contributed by atoms with Gasteiger partial charge >= 0.3 is 0 Å². The maximum Gasteiger partial charge on any atom is 0.229 e. The second-order valence-electron chi connectivity index (χ2n) is 5.67. The first kappa shape index (κ1) is 13.1. The molecule has 3 atom stereocenters. The molecule has 0 spiro atoms. The largest absolute Gasteiger partial charge is 0.386 e. The van der Waals surface area contributed by atoms with E-state index in [0.29, 0.717) is 6.16 Å².